The van der Waals surface area contributed by atoms with E-state index in [4.69, 9.17) is 10.7 Å². The van der Waals surface area contributed by atoms with Crippen LogP contribution in [0.15, 0.2) is 132 Å². The largest absolute Gasteiger partial charge is 0.391 e. The van der Waals surface area contributed by atoms with Gasteiger partial charge in [0.15, 0.2) is 6.10 Å². The predicted octanol–water partition coefficient (Wildman–Crippen LogP) is 5.08. The standard InChI is InChI=1S/C44H43N5O5/c45-41(31-7-3-1-4-8-31)43(53)48-25-35(50)21-39(48)37-19-33(23-46-37)29-15-11-27(12-16-29)28-13-17-30(18-14-28)34-20-38(47-24-34)40-22-36(51)26-49(40)44(54)42(52)32-9-5-2-6-10-32/h1-18,23-24,35-36,39-42,50-52H,19-22,25-26,45H2/t35-,36+,39+,40+,41-,42-/m1/s1. The van der Waals surface area contributed by atoms with Gasteiger partial charge in [-0.1, -0.05) is 109 Å². The lowest BCUT2D eigenvalue weighted by molar-refractivity contribution is -0.140. The molecular formula is C44H43N5O5. The van der Waals surface area contributed by atoms with Gasteiger partial charge >= 0.3 is 0 Å². The zero-order chi connectivity index (χ0) is 37.3. The second-order valence-corrected chi connectivity index (χ2v) is 14.6. The van der Waals surface area contributed by atoms with Gasteiger partial charge in [0.1, 0.15) is 6.04 Å². The highest BCUT2D eigenvalue weighted by Gasteiger charge is 2.41. The molecule has 4 heterocycles. The number of carbonyl (C=O) groups is 2. The molecule has 274 valence electrons. The maximum absolute atomic E-state index is 13.4. The topological polar surface area (TPSA) is 152 Å². The monoisotopic (exact) mass is 721 g/mol. The van der Waals surface area contributed by atoms with E-state index in [2.05, 4.69) is 53.5 Å². The number of benzene rings is 4. The van der Waals surface area contributed by atoms with Crippen LogP contribution in [-0.4, -0.2) is 85.7 Å². The van der Waals surface area contributed by atoms with Crippen LogP contribution >= 0.6 is 0 Å². The van der Waals surface area contributed by atoms with Crippen molar-refractivity contribution in [3.63, 3.8) is 0 Å². The third-order valence-electron chi connectivity index (χ3n) is 11.0. The van der Waals surface area contributed by atoms with E-state index in [-0.39, 0.29) is 31.1 Å². The highest BCUT2D eigenvalue weighted by molar-refractivity contribution is 6.05. The number of likely N-dealkylation sites (tertiary alicyclic amines) is 2. The number of allylic oxidation sites excluding steroid dienone is 2. The number of hydrogen-bond donors (Lipinski definition) is 4. The van der Waals surface area contributed by atoms with Gasteiger partial charge in [0.2, 0.25) is 5.91 Å². The predicted molar refractivity (Wildman–Crippen MR) is 209 cm³/mol. The zero-order valence-corrected chi connectivity index (χ0v) is 29.8. The second-order valence-electron chi connectivity index (χ2n) is 14.6. The van der Waals surface area contributed by atoms with Crippen LogP contribution in [0, 0.1) is 0 Å². The molecule has 0 unspecified atom stereocenters. The van der Waals surface area contributed by atoms with Crippen molar-refractivity contribution in [1.29, 1.82) is 0 Å². The Morgan fingerprint density at radius 1 is 0.593 bits per heavy atom. The molecule has 10 nitrogen and oxygen atoms in total. The van der Waals surface area contributed by atoms with Gasteiger partial charge in [0.05, 0.1) is 24.3 Å². The Bertz CT molecular complexity index is 1990. The molecule has 0 aromatic heterocycles. The summed E-state index contributed by atoms with van der Waals surface area (Å²) in [7, 11) is 0. The van der Waals surface area contributed by atoms with Gasteiger partial charge in [-0.2, -0.15) is 0 Å². The Morgan fingerprint density at radius 2 is 1.00 bits per heavy atom. The number of aliphatic imine (C=N–C) groups is 2. The average Bonchev–Trinajstić information content (AvgIpc) is 4.04. The first-order chi connectivity index (χ1) is 26.2. The molecule has 2 amide bonds. The van der Waals surface area contributed by atoms with Crippen LogP contribution in [0.25, 0.3) is 22.3 Å². The van der Waals surface area contributed by atoms with Gasteiger partial charge in [-0.25, -0.2) is 0 Å². The molecule has 4 aromatic carbocycles. The number of β-amino-alcohol motifs (C(OH)–C–C–N with tert-alkyl or cyclic N) is 2. The summed E-state index contributed by atoms with van der Waals surface area (Å²) in [6, 6.07) is 33.3. The molecule has 4 aliphatic rings. The van der Waals surface area contributed by atoms with Crippen LogP contribution in [0.4, 0.5) is 0 Å². The van der Waals surface area contributed by atoms with E-state index in [9.17, 15) is 24.9 Å². The summed E-state index contributed by atoms with van der Waals surface area (Å²) in [6.07, 6.45) is 3.08. The number of aliphatic hydroxyl groups is 3. The minimum atomic E-state index is -1.30. The molecule has 8 rings (SSSR count). The molecule has 0 bridgehead atoms. The Kier molecular flexibility index (Phi) is 9.91. The van der Waals surface area contributed by atoms with Gasteiger partial charge < -0.3 is 30.9 Å². The van der Waals surface area contributed by atoms with Crippen LogP contribution in [-0.2, 0) is 9.59 Å². The normalized spacial score (nSPS) is 23.5. The molecule has 54 heavy (non-hydrogen) atoms. The van der Waals surface area contributed by atoms with Crippen molar-refractivity contribution in [2.45, 2.75) is 62.1 Å². The van der Waals surface area contributed by atoms with Gasteiger partial charge in [0, 0.05) is 62.6 Å². The molecule has 2 saturated heterocycles. The minimum absolute atomic E-state index is 0.162. The van der Waals surface area contributed by atoms with Crippen molar-refractivity contribution in [3.05, 3.63) is 144 Å². The van der Waals surface area contributed by atoms with Crippen molar-refractivity contribution >= 4 is 34.4 Å². The van der Waals surface area contributed by atoms with Crippen LogP contribution in [0.1, 0.15) is 60.1 Å². The number of aliphatic hydroxyl groups excluding tert-OH is 3. The summed E-state index contributed by atoms with van der Waals surface area (Å²) in [5.41, 5.74) is 15.6. The quantitative estimate of drug-likeness (QED) is 0.189. The molecule has 10 heteroatoms. The Balaban J connectivity index is 0.876. The first-order valence-corrected chi connectivity index (χ1v) is 18.5. The number of hydrogen-bond acceptors (Lipinski definition) is 8. The summed E-state index contributed by atoms with van der Waals surface area (Å²) in [6.45, 7) is 0.400. The lowest BCUT2D eigenvalue weighted by Crippen LogP contribution is -2.44. The van der Waals surface area contributed by atoms with E-state index in [0.717, 1.165) is 50.4 Å². The fourth-order valence-corrected chi connectivity index (χ4v) is 8.07. The maximum atomic E-state index is 13.4. The summed E-state index contributed by atoms with van der Waals surface area (Å²) >= 11 is 0. The zero-order valence-electron chi connectivity index (χ0n) is 29.8. The van der Waals surface area contributed by atoms with Gasteiger partial charge in [-0.15, -0.1) is 0 Å². The lowest BCUT2D eigenvalue weighted by atomic mass is 9.94. The van der Waals surface area contributed by atoms with Crippen LogP contribution in [0.3, 0.4) is 0 Å². The summed E-state index contributed by atoms with van der Waals surface area (Å²) in [5, 5.41) is 31.8. The van der Waals surface area contributed by atoms with E-state index in [1.54, 1.807) is 34.1 Å². The molecule has 0 saturated carbocycles. The molecule has 4 aliphatic heterocycles. The number of rotatable bonds is 9. The number of nitrogens with two attached hydrogens (primary N) is 1. The Hall–Kier alpha value is -5.52. The lowest BCUT2D eigenvalue weighted by Gasteiger charge is -2.27. The molecule has 2 fully saturated rings. The van der Waals surface area contributed by atoms with Gasteiger partial charge in [-0.3, -0.25) is 19.6 Å². The van der Waals surface area contributed by atoms with E-state index in [1.807, 2.05) is 48.8 Å². The number of carbonyl (C=O) groups excluding carboxylic acids is 2. The van der Waals surface area contributed by atoms with Crippen molar-refractivity contribution in [1.82, 2.24) is 9.80 Å². The molecule has 0 radical (unpaired) electrons. The molecule has 5 N–H and O–H groups in total. The van der Waals surface area contributed by atoms with E-state index >= 15 is 0 Å². The number of amides is 2. The second kappa shape index (κ2) is 15.1. The Labute approximate surface area is 314 Å². The van der Waals surface area contributed by atoms with Crippen LogP contribution in [0.2, 0.25) is 0 Å². The van der Waals surface area contributed by atoms with Crippen LogP contribution < -0.4 is 5.73 Å². The average molecular weight is 722 g/mol. The van der Waals surface area contributed by atoms with Crippen molar-refractivity contribution in [3.8, 4) is 11.1 Å². The molecule has 6 atom stereocenters. The van der Waals surface area contributed by atoms with Crippen molar-refractivity contribution in [2.24, 2.45) is 15.7 Å². The van der Waals surface area contributed by atoms with E-state index in [1.165, 1.54) is 0 Å². The molecule has 0 spiro atoms. The number of nitrogens with zero attached hydrogens (tertiary/aromatic N) is 4. The fraction of sp³-hybridized carbons (Fsp3) is 0.273. The van der Waals surface area contributed by atoms with E-state index in [0.29, 0.717) is 31.2 Å². The molecule has 0 aliphatic carbocycles. The SMILES string of the molecule is N[C@@H](C(=O)N1C[C@H](O)C[C@H]1C1=NC=C(c2ccc(-c3ccc(C4=CN=C([C@@H]5C[C@H](O)CN5C(=O)[C@H](O)c5ccccc5)C4)cc3)cc2)C1)c1ccccc1. The van der Waals surface area contributed by atoms with Crippen molar-refractivity contribution in [2.75, 3.05) is 13.1 Å². The van der Waals surface area contributed by atoms with Gasteiger partial charge in [0.25, 0.3) is 5.91 Å². The first-order valence-electron chi connectivity index (χ1n) is 18.5. The smallest absolute Gasteiger partial charge is 0.256 e. The van der Waals surface area contributed by atoms with Gasteiger partial charge in [-0.05, 0) is 44.5 Å². The fourth-order valence-electron chi connectivity index (χ4n) is 8.07. The first kappa shape index (κ1) is 35.5. The van der Waals surface area contributed by atoms with E-state index < -0.39 is 30.3 Å². The maximum Gasteiger partial charge on any atom is 0.256 e. The third kappa shape index (κ3) is 7.09. The summed E-state index contributed by atoms with van der Waals surface area (Å²) in [4.78, 5) is 39.4. The summed E-state index contributed by atoms with van der Waals surface area (Å²) in [5.74, 6) is -0.638. The highest BCUT2D eigenvalue weighted by Crippen LogP contribution is 2.35. The Morgan fingerprint density at radius 3 is 1.46 bits per heavy atom. The minimum Gasteiger partial charge on any atom is -0.391 e. The highest BCUT2D eigenvalue weighted by atomic mass is 16.3. The molecular weight excluding hydrogens is 679 g/mol. The third-order valence-corrected chi connectivity index (χ3v) is 11.0. The van der Waals surface area contributed by atoms with Crippen molar-refractivity contribution < 1.29 is 24.9 Å². The molecule has 4 aromatic rings. The summed E-state index contributed by atoms with van der Waals surface area (Å²) < 4.78 is 0. The van der Waals surface area contributed by atoms with Crippen LogP contribution in [0.5, 0.6) is 0 Å².